The number of benzene rings is 2. The molecule has 0 amide bonds. The lowest BCUT2D eigenvalue weighted by Gasteiger charge is -2.05. The van der Waals surface area contributed by atoms with E-state index in [0.29, 0.717) is 11.6 Å². The van der Waals surface area contributed by atoms with Crippen LogP contribution >= 0.6 is 0 Å². The van der Waals surface area contributed by atoms with Crippen molar-refractivity contribution >= 4 is 22.3 Å². The Hall–Kier alpha value is -2.95. The van der Waals surface area contributed by atoms with E-state index in [1.54, 1.807) is 12.3 Å². The number of aromatic hydroxyl groups is 1. The minimum atomic E-state index is 0.340. The Labute approximate surface area is 127 Å². The number of rotatable bonds is 2. The van der Waals surface area contributed by atoms with Crippen molar-refractivity contribution in [2.45, 2.75) is 12.8 Å². The second-order valence-electron chi connectivity index (χ2n) is 5.25. The summed E-state index contributed by atoms with van der Waals surface area (Å²) in [4.78, 5) is 0. The number of hydrogen-bond donors (Lipinski definition) is 2. The summed E-state index contributed by atoms with van der Waals surface area (Å²) in [6, 6.07) is 13.4. The summed E-state index contributed by atoms with van der Waals surface area (Å²) in [5, 5.41) is 24.5. The molecule has 0 spiro atoms. The first-order chi connectivity index (χ1) is 10.8. The molecule has 0 atom stereocenters. The molecule has 1 heterocycles. The van der Waals surface area contributed by atoms with E-state index in [2.05, 4.69) is 20.7 Å². The topological polar surface area (TPSA) is 70.4 Å². The van der Waals surface area contributed by atoms with Crippen LogP contribution in [0.5, 0.6) is 5.75 Å². The highest BCUT2D eigenvalue weighted by molar-refractivity contribution is 6.05. The lowest BCUT2D eigenvalue weighted by molar-refractivity contribution is 0.469. The number of aromatic nitrogens is 2. The number of nitrogens with zero attached hydrogens (tertiary/aromatic N) is 3. The van der Waals surface area contributed by atoms with Gasteiger partial charge in [-0.05, 0) is 18.9 Å². The van der Waals surface area contributed by atoms with Gasteiger partial charge in [0.1, 0.15) is 5.75 Å². The molecule has 0 fully saturated rings. The largest absolute Gasteiger partial charge is 0.508 e. The summed E-state index contributed by atoms with van der Waals surface area (Å²) in [5.74, 6) is 0.979. The van der Waals surface area contributed by atoms with Gasteiger partial charge in [-0.1, -0.05) is 36.4 Å². The van der Waals surface area contributed by atoms with Gasteiger partial charge in [0.2, 0.25) is 0 Å². The molecule has 3 aromatic rings. The highest BCUT2D eigenvalue weighted by Gasteiger charge is 2.20. The van der Waals surface area contributed by atoms with Crippen molar-refractivity contribution in [2.24, 2.45) is 5.10 Å². The third kappa shape index (κ3) is 2.07. The van der Waals surface area contributed by atoms with E-state index in [1.807, 2.05) is 36.4 Å². The molecule has 2 N–H and O–H groups in total. The fourth-order valence-corrected chi connectivity index (χ4v) is 2.83. The monoisotopic (exact) mass is 290 g/mol. The molecule has 0 unspecified atom stereocenters. The van der Waals surface area contributed by atoms with E-state index in [9.17, 15) is 5.11 Å². The van der Waals surface area contributed by atoms with Gasteiger partial charge in [0, 0.05) is 21.9 Å². The molecule has 5 heteroatoms. The van der Waals surface area contributed by atoms with E-state index >= 15 is 0 Å². The molecule has 1 aliphatic rings. The molecular formula is C17H14N4O. The van der Waals surface area contributed by atoms with Crippen molar-refractivity contribution in [3.63, 3.8) is 0 Å². The lowest BCUT2D eigenvalue weighted by atomic mass is 10.1. The van der Waals surface area contributed by atoms with Crippen LogP contribution in [-0.4, -0.2) is 21.0 Å². The summed E-state index contributed by atoms with van der Waals surface area (Å²) in [6.45, 7) is 0. The van der Waals surface area contributed by atoms with Gasteiger partial charge in [-0.15, -0.1) is 5.10 Å². The van der Waals surface area contributed by atoms with E-state index in [-0.39, 0.29) is 0 Å². The van der Waals surface area contributed by atoms with Gasteiger partial charge < -0.3 is 5.11 Å². The number of hydrazone groups is 1. The van der Waals surface area contributed by atoms with Gasteiger partial charge in [0.15, 0.2) is 5.82 Å². The van der Waals surface area contributed by atoms with Gasteiger partial charge in [0.25, 0.3) is 0 Å². The predicted molar refractivity (Wildman–Crippen MR) is 86.1 cm³/mol. The SMILES string of the molecule is Oc1cccc2c1CCC2=NNc1nncc2ccccc12. The summed E-state index contributed by atoms with van der Waals surface area (Å²) in [7, 11) is 0. The third-order valence-electron chi connectivity index (χ3n) is 3.94. The van der Waals surface area contributed by atoms with Crippen LogP contribution in [0, 0.1) is 0 Å². The highest BCUT2D eigenvalue weighted by atomic mass is 16.3. The van der Waals surface area contributed by atoms with Crippen LogP contribution in [0.3, 0.4) is 0 Å². The van der Waals surface area contributed by atoms with E-state index in [1.165, 1.54) is 0 Å². The Morgan fingerprint density at radius 3 is 2.91 bits per heavy atom. The number of nitrogens with one attached hydrogen (secondary N) is 1. The minimum absolute atomic E-state index is 0.340. The van der Waals surface area contributed by atoms with Crippen LogP contribution in [0.4, 0.5) is 5.82 Å². The smallest absolute Gasteiger partial charge is 0.176 e. The average Bonchev–Trinajstić information content (AvgIpc) is 2.97. The summed E-state index contributed by atoms with van der Waals surface area (Å²) in [6.07, 6.45) is 3.35. The van der Waals surface area contributed by atoms with Crippen LogP contribution in [0.2, 0.25) is 0 Å². The second-order valence-corrected chi connectivity index (χ2v) is 5.25. The molecule has 1 aliphatic carbocycles. The molecule has 1 aromatic heterocycles. The van der Waals surface area contributed by atoms with E-state index < -0.39 is 0 Å². The Morgan fingerprint density at radius 2 is 1.95 bits per heavy atom. The number of anilines is 1. The van der Waals surface area contributed by atoms with Crippen LogP contribution < -0.4 is 5.43 Å². The number of phenolic OH excluding ortho intramolecular Hbond substituents is 1. The zero-order valence-electron chi connectivity index (χ0n) is 11.8. The first kappa shape index (κ1) is 12.8. The molecule has 4 rings (SSSR count). The zero-order chi connectivity index (χ0) is 14.9. The van der Waals surface area contributed by atoms with Crippen molar-refractivity contribution in [3.05, 3.63) is 59.8 Å². The number of hydrogen-bond acceptors (Lipinski definition) is 5. The van der Waals surface area contributed by atoms with Crippen molar-refractivity contribution in [1.82, 2.24) is 10.2 Å². The standard InChI is InChI=1S/C17H14N4O/c22-16-7-3-6-13-14(16)8-9-15(13)19-21-17-12-5-2-1-4-11(12)10-18-20-17/h1-7,10,22H,8-9H2,(H,20,21). The van der Waals surface area contributed by atoms with Gasteiger partial charge in [0.05, 0.1) is 11.9 Å². The van der Waals surface area contributed by atoms with Crippen LogP contribution in [0.15, 0.2) is 53.8 Å². The molecule has 0 aliphatic heterocycles. The van der Waals surface area contributed by atoms with E-state index in [4.69, 9.17) is 0 Å². The molecule has 0 radical (unpaired) electrons. The fraction of sp³-hybridized carbons (Fsp3) is 0.118. The maximum absolute atomic E-state index is 9.88. The number of fused-ring (bicyclic) bond motifs is 2. The van der Waals surface area contributed by atoms with Crippen LogP contribution in [0.25, 0.3) is 10.8 Å². The minimum Gasteiger partial charge on any atom is -0.508 e. The summed E-state index contributed by atoms with van der Waals surface area (Å²) < 4.78 is 0. The van der Waals surface area contributed by atoms with Gasteiger partial charge in [-0.3, -0.25) is 5.43 Å². The van der Waals surface area contributed by atoms with Crippen molar-refractivity contribution in [3.8, 4) is 5.75 Å². The molecule has 0 saturated carbocycles. The quantitative estimate of drug-likeness (QED) is 0.711. The van der Waals surface area contributed by atoms with Gasteiger partial charge in [-0.2, -0.15) is 10.2 Å². The molecule has 108 valence electrons. The lowest BCUT2D eigenvalue weighted by Crippen LogP contribution is -2.02. The second kappa shape index (κ2) is 5.11. The predicted octanol–water partition coefficient (Wildman–Crippen LogP) is 3.10. The highest BCUT2D eigenvalue weighted by Crippen LogP contribution is 2.30. The first-order valence-electron chi connectivity index (χ1n) is 7.17. The molecule has 0 saturated heterocycles. The van der Waals surface area contributed by atoms with Gasteiger partial charge >= 0.3 is 0 Å². The zero-order valence-corrected chi connectivity index (χ0v) is 11.8. The fourth-order valence-electron chi connectivity index (χ4n) is 2.83. The number of phenols is 1. The van der Waals surface area contributed by atoms with E-state index in [0.717, 1.165) is 40.5 Å². The molecule has 2 aromatic carbocycles. The molecular weight excluding hydrogens is 276 g/mol. The normalized spacial score (nSPS) is 15.2. The summed E-state index contributed by atoms with van der Waals surface area (Å²) in [5.41, 5.74) is 5.92. The maximum atomic E-state index is 9.88. The molecule has 22 heavy (non-hydrogen) atoms. The Bertz CT molecular complexity index is 883. The first-order valence-corrected chi connectivity index (χ1v) is 7.17. The molecule has 0 bridgehead atoms. The summed E-state index contributed by atoms with van der Waals surface area (Å²) >= 11 is 0. The van der Waals surface area contributed by atoms with Crippen molar-refractivity contribution in [2.75, 3.05) is 5.43 Å². The Kier molecular flexibility index (Phi) is 2.96. The van der Waals surface area contributed by atoms with Crippen LogP contribution in [0.1, 0.15) is 17.5 Å². The van der Waals surface area contributed by atoms with Crippen molar-refractivity contribution < 1.29 is 5.11 Å². The average molecular weight is 290 g/mol. The van der Waals surface area contributed by atoms with Crippen molar-refractivity contribution in [1.29, 1.82) is 0 Å². The Balaban J connectivity index is 1.70. The Morgan fingerprint density at radius 1 is 1.05 bits per heavy atom. The van der Waals surface area contributed by atoms with Gasteiger partial charge in [-0.25, -0.2) is 0 Å². The maximum Gasteiger partial charge on any atom is 0.176 e. The van der Waals surface area contributed by atoms with Crippen LogP contribution in [-0.2, 0) is 6.42 Å². The third-order valence-corrected chi connectivity index (χ3v) is 3.94. The molecule has 5 nitrogen and oxygen atoms in total.